The van der Waals surface area contributed by atoms with Crippen LogP contribution >= 0.6 is 0 Å². The molecule has 0 radical (unpaired) electrons. The van der Waals surface area contributed by atoms with Crippen LogP contribution < -0.4 is 11.1 Å². The van der Waals surface area contributed by atoms with Gasteiger partial charge in [-0.05, 0) is 13.8 Å². The average Bonchev–Trinajstić information content (AvgIpc) is 2.00. The summed E-state index contributed by atoms with van der Waals surface area (Å²) in [7, 11) is -4.41. The van der Waals surface area contributed by atoms with Gasteiger partial charge in [-0.2, -0.15) is 8.42 Å². The van der Waals surface area contributed by atoms with Gasteiger partial charge in [0.25, 0.3) is 10.1 Å². The smallest absolute Gasteiger partial charge is 0.288 e. The van der Waals surface area contributed by atoms with Gasteiger partial charge in [0.15, 0.2) is 4.87 Å². The highest BCUT2D eigenvalue weighted by Crippen LogP contribution is 2.10. The van der Waals surface area contributed by atoms with Gasteiger partial charge in [-0.1, -0.05) is 0 Å². The van der Waals surface area contributed by atoms with Crippen LogP contribution in [0.4, 0.5) is 0 Å². The number of aliphatic hydroxyl groups excluding tert-OH is 1. The molecule has 0 aliphatic heterocycles. The number of nitrogens with one attached hydrogen (secondary N) is 1. The highest BCUT2D eigenvalue weighted by Gasteiger charge is 2.35. The standard InChI is InChI=1S/C6H14N2O5S/c1-6(2,14(11,12)13)8-5(10)4(7)3-9/h4,9H,3,7H2,1-2H3,(H,8,10)(H,11,12,13)/t4-/m0/s1. The lowest BCUT2D eigenvalue weighted by atomic mass is 10.3. The van der Waals surface area contributed by atoms with E-state index in [0.29, 0.717) is 0 Å². The summed E-state index contributed by atoms with van der Waals surface area (Å²) in [6, 6.07) is -1.21. The van der Waals surface area contributed by atoms with Gasteiger partial charge in [0.1, 0.15) is 6.04 Å². The minimum Gasteiger partial charge on any atom is -0.394 e. The topological polar surface area (TPSA) is 130 Å². The number of hydrogen-bond acceptors (Lipinski definition) is 5. The molecule has 7 nitrogen and oxygen atoms in total. The minimum absolute atomic E-state index is 0.604. The summed E-state index contributed by atoms with van der Waals surface area (Å²) < 4.78 is 30.2. The normalized spacial score (nSPS) is 14.9. The Balaban J connectivity index is 4.62. The molecule has 0 aliphatic carbocycles. The van der Waals surface area contributed by atoms with E-state index < -0.39 is 33.5 Å². The fourth-order valence-electron chi connectivity index (χ4n) is 0.537. The maximum atomic E-state index is 11.1. The zero-order chi connectivity index (χ0) is 11.6. The third-order valence-electron chi connectivity index (χ3n) is 1.60. The number of amides is 1. The van der Waals surface area contributed by atoms with Gasteiger partial charge in [0.2, 0.25) is 5.91 Å². The molecule has 0 fully saturated rings. The molecule has 0 saturated carbocycles. The number of nitrogens with two attached hydrogens (primary N) is 1. The summed E-state index contributed by atoms with van der Waals surface area (Å²) in [6.45, 7) is 1.60. The van der Waals surface area contributed by atoms with Crippen LogP contribution in [0.1, 0.15) is 13.8 Å². The van der Waals surface area contributed by atoms with Crippen molar-refractivity contribution in [1.29, 1.82) is 0 Å². The minimum atomic E-state index is -4.41. The third kappa shape index (κ3) is 3.22. The third-order valence-corrected chi connectivity index (χ3v) is 2.99. The van der Waals surface area contributed by atoms with E-state index in [4.69, 9.17) is 15.4 Å². The van der Waals surface area contributed by atoms with Crippen molar-refractivity contribution in [2.75, 3.05) is 6.61 Å². The van der Waals surface area contributed by atoms with Crippen molar-refractivity contribution < 1.29 is 22.9 Å². The highest BCUT2D eigenvalue weighted by atomic mass is 32.2. The lowest BCUT2D eigenvalue weighted by molar-refractivity contribution is -0.124. The van der Waals surface area contributed by atoms with Crippen molar-refractivity contribution in [3.8, 4) is 0 Å². The molecule has 0 bridgehead atoms. The van der Waals surface area contributed by atoms with Crippen LogP contribution in [-0.4, -0.2) is 41.5 Å². The van der Waals surface area contributed by atoms with E-state index in [1.165, 1.54) is 0 Å². The van der Waals surface area contributed by atoms with Gasteiger partial charge in [-0.15, -0.1) is 0 Å². The Labute approximate surface area is 82.0 Å². The van der Waals surface area contributed by atoms with Crippen LogP contribution in [0.15, 0.2) is 0 Å². The molecule has 1 atom stereocenters. The van der Waals surface area contributed by atoms with Crippen molar-refractivity contribution in [3.05, 3.63) is 0 Å². The molecule has 0 aromatic heterocycles. The Hall–Kier alpha value is -0.700. The molecule has 0 aromatic carbocycles. The summed E-state index contributed by atoms with van der Waals surface area (Å²) in [5.74, 6) is -0.852. The van der Waals surface area contributed by atoms with Gasteiger partial charge < -0.3 is 16.2 Å². The number of rotatable bonds is 4. The zero-order valence-corrected chi connectivity index (χ0v) is 8.71. The Kier molecular flexibility index (Phi) is 4.01. The molecule has 84 valence electrons. The van der Waals surface area contributed by atoms with E-state index in [1.54, 1.807) is 0 Å². The average molecular weight is 226 g/mol. The Morgan fingerprint density at radius 1 is 1.57 bits per heavy atom. The van der Waals surface area contributed by atoms with Crippen molar-refractivity contribution >= 4 is 16.0 Å². The van der Waals surface area contributed by atoms with E-state index in [1.807, 2.05) is 5.32 Å². The predicted molar refractivity (Wildman–Crippen MR) is 48.8 cm³/mol. The SMILES string of the molecule is CC(C)(NC(=O)[C@@H](N)CO)S(=O)(=O)O. The second-order valence-electron chi connectivity index (χ2n) is 3.26. The quantitative estimate of drug-likeness (QED) is 0.412. The molecular weight excluding hydrogens is 212 g/mol. The summed E-state index contributed by atoms with van der Waals surface area (Å²) in [6.07, 6.45) is 0. The van der Waals surface area contributed by atoms with E-state index in [-0.39, 0.29) is 0 Å². The van der Waals surface area contributed by atoms with Crippen LogP contribution in [-0.2, 0) is 14.9 Å². The Bertz CT molecular complexity index is 310. The van der Waals surface area contributed by atoms with E-state index >= 15 is 0 Å². The molecule has 0 rings (SSSR count). The van der Waals surface area contributed by atoms with Crippen LogP contribution in [0.5, 0.6) is 0 Å². The molecule has 0 aromatic rings. The molecule has 0 saturated heterocycles. The van der Waals surface area contributed by atoms with E-state index in [2.05, 4.69) is 0 Å². The number of carbonyl (C=O) groups excluding carboxylic acids is 1. The van der Waals surface area contributed by atoms with Gasteiger partial charge in [0.05, 0.1) is 6.61 Å². The first-order chi connectivity index (χ1) is 6.12. The fraction of sp³-hybridized carbons (Fsp3) is 0.833. The molecule has 8 heteroatoms. The maximum absolute atomic E-state index is 11.1. The summed E-state index contributed by atoms with van der Waals surface area (Å²) in [4.78, 5) is 9.24. The van der Waals surface area contributed by atoms with Gasteiger partial charge in [-0.3, -0.25) is 9.35 Å². The van der Waals surface area contributed by atoms with Crippen LogP contribution in [0, 0.1) is 0 Å². The van der Waals surface area contributed by atoms with Gasteiger partial charge in [0, 0.05) is 0 Å². The van der Waals surface area contributed by atoms with Crippen LogP contribution in [0.2, 0.25) is 0 Å². The molecule has 0 heterocycles. The summed E-state index contributed by atoms with van der Waals surface area (Å²) in [5, 5.41) is 10.5. The first kappa shape index (κ1) is 13.3. The molecule has 0 aliphatic rings. The Morgan fingerprint density at radius 2 is 2.00 bits per heavy atom. The lowest BCUT2D eigenvalue weighted by Gasteiger charge is -2.23. The van der Waals surface area contributed by atoms with Crippen LogP contribution in [0.3, 0.4) is 0 Å². The summed E-state index contributed by atoms with van der Waals surface area (Å²) in [5.41, 5.74) is 5.13. The first-order valence-electron chi connectivity index (χ1n) is 3.77. The van der Waals surface area contributed by atoms with Gasteiger partial charge in [-0.25, -0.2) is 0 Å². The molecule has 5 N–H and O–H groups in total. The molecule has 1 amide bonds. The number of hydrogen-bond donors (Lipinski definition) is 4. The lowest BCUT2D eigenvalue weighted by Crippen LogP contribution is -2.55. The molecular formula is C6H14N2O5S. The largest absolute Gasteiger partial charge is 0.394 e. The summed E-state index contributed by atoms with van der Waals surface area (Å²) >= 11 is 0. The molecule has 0 unspecified atom stereocenters. The van der Waals surface area contributed by atoms with Crippen molar-refractivity contribution in [3.63, 3.8) is 0 Å². The molecule has 0 spiro atoms. The number of carbonyl (C=O) groups is 1. The van der Waals surface area contributed by atoms with Crippen molar-refractivity contribution in [2.24, 2.45) is 5.73 Å². The van der Waals surface area contributed by atoms with E-state index in [0.717, 1.165) is 13.8 Å². The first-order valence-corrected chi connectivity index (χ1v) is 5.21. The van der Waals surface area contributed by atoms with Crippen molar-refractivity contribution in [2.45, 2.75) is 24.8 Å². The maximum Gasteiger partial charge on any atom is 0.288 e. The van der Waals surface area contributed by atoms with E-state index in [9.17, 15) is 13.2 Å². The second kappa shape index (κ2) is 4.22. The predicted octanol–water partition coefficient (Wildman–Crippen LogP) is -1.95. The highest BCUT2D eigenvalue weighted by molar-refractivity contribution is 7.87. The monoisotopic (exact) mass is 226 g/mol. The van der Waals surface area contributed by atoms with Crippen LogP contribution in [0.25, 0.3) is 0 Å². The Morgan fingerprint density at radius 3 is 2.29 bits per heavy atom. The molecule has 14 heavy (non-hydrogen) atoms. The zero-order valence-electron chi connectivity index (χ0n) is 7.89. The number of aliphatic hydroxyl groups is 1. The fourth-order valence-corrected chi connectivity index (χ4v) is 0.766. The van der Waals surface area contributed by atoms with Gasteiger partial charge >= 0.3 is 0 Å². The second-order valence-corrected chi connectivity index (χ2v) is 5.23. The van der Waals surface area contributed by atoms with Crippen molar-refractivity contribution in [1.82, 2.24) is 5.32 Å².